The van der Waals surface area contributed by atoms with Gasteiger partial charge in [-0.3, -0.25) is 14.5 Å². The Balaban J connectivity index is 1.77. The number of amides is 2. The molecular formula is C18H33N3O3. The van der Waals surface area contributed by atoms with E-state index >= 15 is 0 Å². The van der Waals surface area contributed by atoms with Gasteiger partial charge in [-0.2, -0.15) is 0 Å². The number of ether oxygens (including phenoxy) is 1. The third-order valence-corrected chi connectivity index (χ3v) is 5.25. The van der Waals surface area contributed by atoms with Gasteiger partial charge in [0.1, 0.15) is 0 Å². The fourth-order valence-electron chi connectivity index (χ4n) is 3.64. The van der Waals surface area contributed by atoms with E-state index in [2.05, 4.69) is 11.8 Å². The molecule has 1 atom stereocenters. The topological polar surface area (TPSA) is 53.1 Å². The summed E-state index contributed by atoms with van der Waals surface area (Å²) >= 11 is 0. The molecule has 1 unspecified atom stereocenters. The fraction of sp³-hybridized carbons (Fsp3) is 0.889. The minimum atomic E-state index is 0.0572. The van der Waals surface area contributed by atoms with Crippen molar-refractivity contribution in [2.75, 3.05) is 52.5 Å². The number of nitrogens with zero attached hydrogens (tertiary/aromatic N) is 3. The second kappa shape index (κ2) is 9.99. The average Bonchev–Trinajstić information content (AvgIpc) is 2.62. The Kier molecular flexibility index (Phi) is 7.99. The van der Waals surface area contributed by atoms with E-state index in [9.17, 15) is 9.59 Å². The van der Waals surface area contributed by atoms with Gasteiger partial charge in [-0.05, 0) is 25.7 Å². The van der Waals surface area contributed by atoms with Crippen LogP contribution in [0, 0.1) is 0 Å². The number of carbonyl (C=O) groups is 2. The molecule has 0 aliphatic carbocycles. The summed E-state index contributed by atoms with van der Waals surface area (Å²) in [6, 6.07) is 0.394. The van der Waals surface area contributed by atoms with Gasteiger partial charge in [0, 0.05) is 58.7 Å². The molecule has 24 heavy (non-hydrogen) atoms. The minimum absolute atomic E-state index is 0.0572. The third-order valence-electron chi connectivity index (χ3n) is 5.25. The summed E-state index contributed by atoms with van der Waals surface area (Å²) in [6.45, 7) is 10.1. The lowest BCUT2D eigenvalue weighted by Crippen LogP contribution is -2.46. The highest BCUT2D eigenvalue weighted by molar-refractivity contribution is 5.78. The molecule has 0 aromatic rings. The molecular weight excluding hydrogens is 306 g/mol. The molecule has 0 radical (unpaired) electrons. The van der Waals surface area contributed by atoms with Crippen LogP contribution >= 0.6 is 0 Å². The molecule has 2 fully saturated rings. The number of hydrogen-bond donors (Lipinski definition) is 0. The highest BCUT2D eigenvalue weighted by Crippen LogP contribution is 2.20. The van der Waals surface area contributed by atoms with Crippen molar-refractivity contribution in [1.29, 1.82) is 0 Å². The first-order valence-electron chi connectivity index (χ1n) is 9.47. The Labute approximate surface area is 146 Å². The van der Waals surface area contributed by atoms with Crippen LogP contribution in [0.1, 0.15) is 46.0 Å². The van der Waals surface area contributed by atoms with Gasteiger partial charge in [0.05, 0.1) is 13.2 Å². The standard InChI is InChI=1S/C18H33N3O3/c1-3-17-6-4-5-8-21(17)18(23)7-9-20(16(2)22)11-10-19-12-14-24-15-13-19/h17H,3-15H2,1-2H3. The summed E-state index contributed by atoms with van der Waals surface area (Å²) in [5, 5.41) is 0. The van der Waals surface area contributed by atoms with Crippen molar-refractivity contribution >= 4 is 11.8 Å². The van der Waals surface area contributed by atoms with Crippen molar-refractivity contribution in [3.8, 4) is 0 Å². The quantitative estimate of drug-likeness (QED) is 0.703. The van der Waals surface area contributed by atoms with Gasteiger partial charge >= 0.3 is 0 Å². The maximum absolute atomic E-state index is 12.6. The van der Waals surface area contributed by atoms with Crippen molar-refractivity contribution in [1.82, 2.24) is 14.7 Å². The van der Waals surface area contributed by atoms with E-state index < -0.39 is 0 Å². The Bertz CT molecular complexity index is 410. The lowest BCUT2D eigenvalue weighted by atomic mass is 9.99. The van der Waals surface area contributed by atoms with Gasteiger partial charge in [-0.1, -0.05) is 6.92 Å². The highest BCUT2D eigenvalue weighted by atomic mass is 16.5. The molecule has 0 aromatic carbocycles. The SMILES string of the molecule is CCC1CCCCN1C(=O)CCN(CCN1CCOCC1)C(C)=O. The first-order chi connectivity index (χ1) is 11.6. The predicted octanol–water partition coefficient (Wildman–Crippen LogP) is 1.35. The molecule has 0 aromatic heterocycles. The summed E-state index contributed by atoms with van der Waals surface area (Å²) in [5.74, 6) is 0.265. The number of hydrogen-bond acceptors (Lipinski definition) is 4. The molecule has 2 amide bonds. The Morgan fingerprint density at radius 2 is 1.88 bits per heavy atom. The molecule has 2 rings (SSSR count). The van der Waals surface area contributed by atoms with Crippen molar-refractivity contribution in [3.05, 3.63) is 0 Å². The number of piperidine rings is 1. The van der Waals surface area contributed by atoms with E-state index in [1.165, 1.54) is 6.42 Å². The van der Waals surface area contributed by atoms with Crippen LogP contribution in [-0.4, -0.2) is 85.0 Å². The molecule has 2 heterocycles. The molecule has 6 nitrogen and oxygen atoms in total. The second-order valence-electron chi connectivity index (χ2n) is 6.86. The monoisotopic (exact) mass is 339 g/mol. The molecule has 2 saturated heterocycles. The smallest absolute Gasteiger partial charge is 0.224 e. The number of carbonyl (C=O) groups excluding carboxylic acids is 2. The van der Waals surface area contributed by atoms with Crippen LogP contribution in [0.15, 0.2) is 0 Å². The van der Waals surface area contributed by atoms with Crippen LogP contribution < -0.4 is 0 Å². The van der Waals surface area contributed by atoms with E-state index in [0.29, 0.717) is 25.6 Å². The van der Waals surface area contributed by atoms with E-state index in [1.54, 1.807) is 6.92 Å². The second-order valence-corrected chi connectivity index (χ2v) is 6.86. The molecule has 6 heteroatoms. The van der Waals surface area contributed by atoms with E-state index in [1.807, 2.05) is 9.80 Å². The van der Waals surface area contributed by atoms with Crippen LogP contribution in [0.2, 0.25) is 0 Å². The first-order valence-corrected chi connectivity index (χ1v) is 9.47. The number of morpholine rings is 1. The van der Waals surface area contributed by atoms with Gasteiger partial charge in [0.25, 0.3) is 0 Å². The van der Waals surface area contributed by atoms with E-state index in [0.717, 1.165) is 58.7 Å². The Morgan fingerprint density at radius 3 is 2.54 bits per heavy atom. The van der Waals surface area contributed by atoms with Gasteiger partial charge in [0.2, 0.25) is 11.8 Å². The molecule has 138 valence electrons. The molecule has 2 aliphatic rings. The molecule has 2 aliphatic heterocycles. The van der Waals surface area contributed by atoms with E-state index in [-0.39, 0.29) is 11.8 Å². The summed E-state index contributed by atoms with van der Waals surface area (Å²) < 4.78 is 5.35. The van der Waals surface area contributed by atoms with Crippen LogP contribution in [0.3, 0.4) is 0 Å². The summed E-state index contributed by atoms with van der Waals surface area (Å²) in [7, 11) is 0. The zero-order valence-corrected chi connectivity index (χ0v) is 15.3. The maximum Gasteiger partial charge on any atom is 0.224 e. The predicted molar refractivity (Wildman–Crippen MR) is 93.8 cm³/mol. The van der Waals surface area contributed by atoms with Gasteiger partial charge in [0.15, 0.2) is 0 Å². The molecule has 0 spiro atoms. The molecule has 0 bridgehead atoms. The number of likely N-dealkylation sites (tertiary alicyclic amines) is 1. The average molecular weight is 339 g/mol. The summed E-state index contributed by atoms with van der Waals surface area (Å²) in [4.78, 5) is 30.6. The maximum atomic E-state index is 12.6. The first kappa shape index (κ1) is 19.2. The Morgan fingerprint density at radius 1 is 1.12 bits per heavy atom. The fourth-order valence-corrected chi connectivity index (χ4v) is 3.64. The van der Waals surface area contributed by atoms with Crippen molar-refractivity contribution in [3.63, 3.8) is 0 Å². The largest absolute Gasteiger partial charge is 0.379 e. The zero-order chi connectivity index (χ0) is 17.4. The van der Waals surface area contributed by atoms with Gasteiger partial charge < -0.3 is 14.5 Å². The lowest BCUT2D eigenvalue weighted by Gasteiger charge is -2.36. The lowest BCUT2D eigenvalue weighted by molar-refractivity contribution is -0.136. The normalized spacial score (nSPS) is 22.4. The molecule has 0 saturated carbocycles. The van der Waals surface area contributed by atoms with Crippen molar-refractivity contribution < 1.29 is 14.3 Å². The molecule has 0 N–H and O–H groups in total. The number of rotatable bonds is 7. The van der Waals surface area contributed by atoms with E-state index in [4.69, 9.17) is 4.74 Å². The highest BCUT2D eigenvalue weighted by Gasteiger charge is 2.25. The zero-order valence-electron chi connectivity index (χ0n) is 15.3. The Hall–Kier alpha value is -1.14. The van der Waals surface area contributed by atoms with Crippen molar-refractivity contribution in [2.24, 2.45) is 0 Å². The van der Waals surface area contributed by atoms with Gasteiger partial charge in [-0.15, -0.1) is 0 Å². The summed E-state index contributed by atoms with van der Waals surface area (Å²) in [5.41, 5.74) is 0. The third kappa shape index (κ3) is 5.74. The minimum Gasteiger partial charge on any atom is -0.379 e. The summed E-state index contributed by atoms with van der Waals surface area (Å²) in [6.07, 6.45) is 4.92. The van der Waals surface area contributed by atoms with Crippen LogP contribution in [0.25, 0.3) is 0 Å². The van der Waals surface area contributed by atoms with Crippen molar-refractivity contribution in [2.45, 2.75) is 52.0 Å². The van der Waals surface area contributed by atoms with Crippen LogP contribution in [-0.2, 0) is 14.3 Å². The van der Waals surface area contributed by atoms with Gasteiger partial charge in [-0.25, -0.2) is 0 Å². The van der Waals surface area contributed by atoms with Crippen LogP contribution in [0.5, 0.6) is 0 Å². The van der Waals surface area contributed by atoms with Crippen LogP contribution in [0.4, 0.5) is 0 Å².